The molecule has 0 radical (unpaired) electrons. The lowest BCUT2D eigenvalue weighted by atomic mass is 9.89. The van der Waals surface area contributed by atoms with Crippen LogP contribution in [0.5, 0.6) is 0 Å². The fraction of sp³-hybridized carbons (Fsp3) is 0.941. The summed E-state index contributed by atoms with van der Waals surface area (Å²) in [5.74, 6) is 0.618. The number of hydrogen-bond acceptors (Lipinski definition) is 3. The van der Waals surface area contributed by atoms with Crippen molar-refractivity contribution in [2.24, 2.45) is 5.92 Å². The molecule has 2 aliphatic rings. The van der Waals surface area contributed by atoms with Crippen molar-refractivity contribution in [3.63, 3.8) is 0 Å². The molecule has 128 valence electrons. The maximum absolute atomic E-state index is 12.4. The topological polar surface area (TPSA) is 44.8 Å². The molecule has 2 fully saturated rings. The second-order valence-electron chi connectivity index (χ2n) is 6.58. The lowest BCUT2D eigenvalue weighted by Crippen LogP contribution is -2.54. The van der Waals surface area contributed by atoms with Crippen molar-refractivity contribution in [1.82, 2.24) is 15.1 Å². The van der Waals surface area contributed by atoms with E-state index in [0.29, 0.717) is 12.0 Å². The van der Waals surface area contributed by atoms with Gasteiger partial charge in [-0.2, -0.15) is 0 Å². The Morgan fingerprint density at radius 3 is 2.45 bits per heavy atom. The number of carbonyl (C=O) groups is 1. The molecule has 2 heterocycles. The predicted molar refractivity (Wildman–Crippen MR) is 89.1 cm³/mol. The zero-order valence-corrected chi connectivity index (χ0v) is 14.5. The number of carbonyl (C=O) groups excluding carboxylic acids is 1. The van der Waals surface area contributed by atoms with Crippen LogP contribution in [0.15, 0.2) is 0 Å². The lowest BCUT2D eigenvalue weighted by molar-refractivity contribution is -0.0337. The number of amides is 2. The molecule has 2 saturated heterocycles. The Bertz CT molecular complexity index is 339. The summed E-state index contributed by atoms with van der Waals surface area (Å²) in [6.45, 7) is 12.2. The van der Waals surface area contributed by atoms with Crippen molar-refractivity contribution in [3.05, 3.63) is 0 Å². The van der Waals surface area contributed by atoms with Crippen LogP contribution in [0.3, 0.4) is 0 Å². The zero-order chi connectivity index (χ0) is 15.9. The Labute approximate surface area is 135 Å². The molecule has 0 saturated carbocycles. The van der Waals surface area contributed by atoms with Crippen molar-refractivity contribution in [1.29, 1.82) is 0 Å². The second kappa shape index (κ2) is 8.73. The molecule has 2 amide bonds. The number of rotatable bonds is 5. The monoisotopic (exact) mass is 311 g/mol. The molecule has 0 unspecified atom stereocenters. The smallest absolute Gasteiger partial charge is 0.317 e. The number of urea groups is 1. The van der Waals surface area contributed by atoms with Crippen LogP contribution >= 0.6 is 0 Å². The second-order valence-corrected chi connectivity index (χ2v) is 6.58. The van der Waals surface area contributed by atoms with Gasteiger partial charge in [-0.1, -0.05) is 33.6 Å². The fourth-order valence-electron chi connectivity index (χ4n) is 3.64. The molecule has 22 heavy (non-hydrogen) atoms. The number of nitrogens with zero attached hydrogens (tertiary/aromatic N) is 2. The average molecular weight is 311 g/mol. The van der Waals surface area contributed by atoms with E-state index in [0.717, 1.165) is 65.0 Å². The van der Waals surface area contributed by atoms with Crippen LogP contribution in [0.4, 0.5) is 4.79 Å². The van der Waals surface area contributed by atoms with E-state index >= 15 is 0 Å². The first kappa shape index (κ1) is 17.5. The molecule has 2 atom stereocenters. The molecule has 5 nitrogen and oxygen atoms in total. The molecule has 0 aromatic heterocycles. The highest BCUT2D eigenvalue weighted by Crippen LogP contribution is 2.25. The molecule has 0 aromatic carbocycles. The number of nitrogens with one attached hydrogen (secondary N) is 1. The molecule has 1 N–H and O–H groups in total. The van der Waals surface area contributed by atoms with Crippen LogP contribution in [0.2, 0.25) is 0 Å². The highest BCUT2D eigenvalue weighted by atomic mass is 16.5. The fourth-order valence-corrected chi connectivity index (χ4v) is 3.64. The first-order chi connectivity index (χ1) is 10.7. The van der Waals surface area contributed by atoms with Crippen LogP contribution in [0.25, 0.3) is 0 Å². The number of piperazine rings is 1. The average Bonchev–Trinajstić information content (AvgIpc) is 2.56. The van der Waals surface area contributed by atoms with Gasteiger partial charge in [-0.25, -0.2) is 4.79 Å². The summed E-state index contributed by atoms with van der Waals surface area (Å²) in [5, 5.41) is 3.24. The van der Waals surface area contributed by atoms with E-state index in [2.05, 4.69) is 31.0 Å². The molecule has 2 rings (SSSR count). The van der Waals surface area contributed by atoms with Gasteiger partial charge in [0.15, 0.2) is 0 Å². The molecular formula is C17H33N3O2. The summed E-state index contributed by atoms with van der Waals surface area (Å²) >= 11 is 0. The number of hydrogen-bond donors (Lipinski definition) is 1. The van der Waals surface area contributed by atoms with E-state index in [1.54, 1.807) is 0 Å². The largest absolute Gasteiger partial charge is 0.378 e. The number of ether oxygens (including phenoxy) is 1. The maximum atomic E-state index is 12.4. The van der Waals surface area contributed by atoms with Crippen molar-refractivity contribution >= 4 is 6.03 Å². The predicted octanol–water partition coefficient (Wildman–Crippen LogP) is 2.32. The summed E-state index contributed by atoms with van der Waals surface area (Å²) in [5.41, 5.74) is 0. The molecule has 0 aromatic rings. The van der Waals surface area contributed by atoms with Crippen LogP contribution in [0.1, 0.15) is 46.5 Å². The van der Waals surface area contributed by atoms with Gasteiger partial charge in [0.25, 0.3) is 0 Å². The Hall–Kier alpha value is -0.810. The Kier molecular flexibility index (Phi) is 6.96. The first-order valence-corrected chi connectivity index (χ1v) is 9.07. The van der Waals surface area contributed by atoms with Gasteiger partial charge in [-0.3, -0.25) is 0 Å². The van der Waals surface area contributed by atoms with E-state index in [1.165, 1.54) is 0 Å². The summed E-state index contributed by atoms with van der Waals surface area (Å²) in [6.07, 6.45) is 4.53. The highest BCUT2D eigenvalue weighted by molar-refractivity contribution is 5.74. The van der Waals surface area contributed by atoms with Crippen molar-refractivity contribution in [3.8, 4) is 0 Å². The first-order valence-electron chi connectivity index (χ1n) is 9.07. The van der Waals surface area contributed by atoms with Gasteiger partial charge in [0, 0.05) is 38.8 Å². The third-order valence-electron chi connectivity index (χ3n) is 5.32. The third-order valence-corrected chi connectivity index (χ3v) is 5.32. The van der Waals surface area contributed by atoms with Crippen LogP contribution in [-0.4, -0.2) is 67.3 Å². The van der Waals surface area contributed by atoms with E-state index in [4.69, 9.17) is 4.74 Å². The minimum atomic E-state index is 0.117. The zero-order valence-electron chi connectivity index (χ0n) is 14.5. The van der Waals surface area contributed by atoms with Gasteiger partial charge in [-0.05, 0) is 25.3 Å². The van der Waals surface area contributed by atoms with Crippen LogP contribution in [-0.2, 0) is 4.74 Å². The van der Waals surface area contributed by atoms with Gasteiger partial charge >= 0.3 is 6.03 Å². The van der Waals surface area contributed by atoms with Crippen LogP contribution in [0, 0.1) is 5.92 Å². The van der Waals surface area contributed by atoms with E-state index in [1.807, 2.05) is 4.90 Å². The van der Waals surface area contributed by atoms with Crippen molar-refractivity contribution in [2.75, 3.05) is 39.3 Å². The summed E-state index contributed by atoms with van der Waals surface area (Å²) < 4.78 is 5.94. The van der Waals surface area contributed by atoms with Gasteiger partial charge in [0.1, 0.15) is 0 Å². The SMILES string of the molecule is CCC(CC)[C@@H]1C[C@@H](NC(=O)N2CCN(CC)CC2)CCO1. The Balaban J connectivity index is 1.79. The molecule has 0 bridgehead atoms. The van der Waals surface area contributed by atoms with Gasteiger partial charge < -0.3 is 19.9 Å². The Morgan fingerprint density at radius 2 is 1.86 bits per heavy atom. The maximum Gasteiger partial charge on any atom is 0.317 e. The molecular weight excluding hydrogens is 278 g/mol. The minimum Gasteiger partial charge on any atom is -0.378 e. The number of likely N-dealkylation sites (N-methyl/N-ethyl adjacent to an activating group) is 1. The molecule has 0 spiro atoms. The van der Waals surface area contributed by atoms with Crippen LogP contribution < -0.4 is 5.32 Å². The van der Waals surface area contributed by atoms with E-state index < -0.39 is 0 Å². The van der Waals surface area contributed by atoms with Crippen molar-refractivity contribution < 1.29 is 9.53 Å². The normalized spacial score (nSPS) is 27.2. The third kappa shape index (κ3) is 4.59. The quantitative estimate of drug-likeness (QED) is 0.847. The minimum absolute atomic E-state index is 0.117. The summed E-state index contributed by atoms with van der Waals surface area (Å²) in [6, 6.07) is 0.391. The van der Waals surface area contributed by atoms with Gasteiger partial charge in [0.05, 0.1) is 6.10 Å². The highest BCUT2D eigenvalue weighted by Gasteiger charge is 2.30. The van der Waals surface area contributed by atoms with Gasteiger partial charge in [0.2, 0.25) is 0 Å². The molecule has 2 aliphatic heterocycles. The van der Waals surface area contributed by atoms with E-state index in [9.17, 15) is 4.79 Å². The Morgan fingerprint density at radius 1 is 1.18 bits per heavy atom. The standard InChI is InChI=1S/C17H33N3O2/c1-4-14(5-2)16-13-15(7-12-22-16)18-17(21)20-10-8-19(6-3)9-11-20/h14-16H,4-13H2,1-3H3,(H,18,21)/t15-,16-/m0/s1. The van der Waals surface area contributed by atoms with Crippen molar-refractivity contribution in [2.45, 2.75) is 58.6 Å². The molecule has 5 heteroatoms. The summed E-state index contributed by atoms with van der Waals surface area (Å²) in [4.78, 5) is 16.8. The van der Waals surface area contributed by atoms with E-state index in [-0.39, 0.29) is 12.1 Å². The molecule has 0 aliphatic carbocycles. The summed E-state index contributed by atoms with van der Waals surface area (Å²) in [7, 11) is 0. The van der Waals surface area contributed by atoms with Gasteiger partial charge in [-0.15, -0.1) is 0 Å². The lowest BCUT2D eigenvalue weighted by Gasteiger charge is -2.37.